The van der Waals surface area contributed by atoms with Gasteiger partial charge in [-0.05, 0) is 61.4 Å². The Labute approximate surface area is 227 Å². The van der Waals surface area contributed by atoms with Gasteiger partial charge in [-0.1, -0.05) is 50.0 Å². The number of amides is 1. The average Bonchev–Trinajstić information content (AvgIpc) is 3.15. The van der Waals surface area contributed by atoms with Crippen molar-refractivity contribution in [1.29, 1.82) is 5.26 Å². The van der Waals surface area contributed by atoms with E-state index in [0.717, 1.165) is 55.0 Å². The summed E-state index contributed by atoms with van der Waals surface area (Å²) in [5, 5.41) is 9.85. The lowest BCUT2D eigenvalue weighted by atomic mass is 9.98. The van der Waals surface area contributed by atoms with Gasteiger partial charge < -0.3 is 9.64 Å². The molecule has 1 amide bonds. The van der Waals surface area contributed by atoms with E-state index in [-0.39, 0.29) is 17.0 Å². The van der Waals surface area contributed by atoms with Crippen molar-refractivity contribution < 1.29 is 9.53 Å². The monoisotopic (exact) mass is 536 g/mol. The van der Waals surface area contributed by atoms with Gasteiger partial charge in [0.2, 0.25) is 0 Å². The number of thiocarbonyl (C=S) groups is 1. The maximum Gasteiger partial charge on any atom is 0.270 e. The number of ether oxygens (including phenoxy) is 1. The fourth-order valence-electron chi connectivity index (χ4n) is 4.98. The lowest BCUT2D eigenvalue weighted by molar-refractivity contribution is -0.122. The molecule has 0 N–H and O–H groups in total. The van der Waals surface area contributed by atoms with Gasteiger partial charge in [0.05, 0.1) is 18.6 Å². The summed E-state index contributed by atoms with van der Waals surface area (Å²) in [5.41, 5.74) is 2.17. The van der Waals surface area contributed by atoms with Gasteiger partial charge in [0.1, 0.15) is 27.5 Å². The summed E-state index contributed by atoms with van der Waals surface area (Å²) in [5.74, 6) is 1.87. The fraction of sp³-hybridized carbons (Fsp3) is 0.429. The van der Waals surface area contributed by atoms with Gasteiger partial charge in [-0.2, -0.15) is 5.26 Å². The summed E-state index contributed by atoms with van der Waals surface area (Å²) < 4.78 is 7.44. The number of methoxy groups -OCH3 is 1. The van der Waals surface area contributed by atoms with Crippen molar-refractivity contribution in [2.24, 2.45) is 5.92 Å². The van der Waals surface area contributed by atoms with E-state index in [2.05, 4.69) is 17.9 Å². The van der Waals surface area contributed by atoms with E-state index in [1.165, 1.54) is 11.8 Å². The van der Waals surface area contributed by atoms with E-state index in [9.17, 15) is 14.9 Å². The van der Waals surface area contributed by atoms with Crippen molar-refractivity contribution >= 4 is 46.1 Å². The van der Waals surface area contributed by atoms with Crippen LogP contribution in [0.2, 0.25) is 0 Å². The van der Waals surface area contributed by atoms with Crippen LogP contribution in [0.5, 0.6) is 5.75 Å². The van der Waals surface area contributed by atoms with Crippen molar-refractivity contribution in [2.45, 2.75) is 53.1 Å². The molecule has 0 aliphatic carbocycles. The molecule has 0 spiro atoms. The fourth-order valence-corrected chi connectivity index (χ4v) is 6.22. The van der Waals surface area contributed by atoms with Crippen molar-refractivity contribution in [3.05, 3.63) is 61.8 Å². The van der Waals surface area contributed by atoms with Crippen molar-refractivity contribution in [1.82, 2.24) is 9.47 Å². The quantitative estimate of drug-likeness (QED) is 0.360. The highest BCUT2D eigenvalue weighted by molar-refractivity contribution is 8.26. The molecule has 0 radical (unpaired) electrons. The van der Waals surface area contributed by atoms with E-state index in [1.807, 2.05) is 37.3 Å². The molecule has 2 saturated heterocycles. The Bertz CT molecular complexity index is 1340. The van der Waals surface area contributed by atoms with Crippen LogP contribution in [-0.4, -0.2) is 39.9 Å². The zero-order valence-electron chi connectivity index (χ0n) is 21.7. The second-order valence-electron chi connectivity index (χ2n) is 9.62. The van der Waals surface area contributed by atoms with Crippen LogP contribution < -0.4 is 15.2 Å². The van der Waals surface area contributed by atoms with Gasteiger partial charge in [-0.15, -0.1) is 0 Å². The number of nitrogens with zero attached hydrogens (tertiary/aromatic N) is 4. The van der Waals surface area contributed by atoms with E-state index in [0.29, 0.717) is 33.8 Å². The maximum atomic E-state index is 13.5. The third-order valence-electron chi connectivity index (χ3n) is 6.90. The summed E-state index contributed by atoms with van der Waals surface area (Å²) in [6.07, 6.45) is 4.77. The van der Waals surface area contributed by atoms with Crippen LogP contribution in [-0.2, 0) is 17.9 Å². The Morgan fingerprint density at radius 2 is 2.00 bits per heavy atom. The lowest BCUT2D eigenvalue weighted by Crippen LogP contribution is -2.40. The van der Waals surface area contributed by atoms with Crippen LogP contribution in [0.15, 0.2) is 34.0 Å². The van der Waals surface area contributed by atoms with Gasteiger partial charge in [0.25, 0.3) is 11.5 Å². The predicted octanol–water partition coefficient (Wildman–Crippen LogP) is 5.08. The van der Waals surface area contributed by atoms with Crippen LogP contribution in [0.25, 0.3) is 6.08 Å². The molecule has 1 aromatic heterocycles. The number of carbonyl (C=O) groups is 1. The smallest absolute Gasteiger partial charge is 0.270 e. The summed E-state index contributed by atoms with van der Waals surface area (Å²) in [6.45, 7) is 8.57. The van der Waals surface area contributed by atoms with E-state index in [1.54, 1.807) is 23.5 Å². The molecule has 7 nitrogen and oxygen atoms in total. The van der Waals surface area contributed by atoms with Gasteiger partial charge in [0, 0.05) is 25.2 Å². The van der Waals surface area contributed by atoms with E-state index in [4.69, 9.17) is 17.0 Å². The summed E-state index contributed by atoms with van der Waals surface area (Å²) >= 11 is 6.85. The normalized spacial score (nSPS) is 19.0. The molecule has 0 bridgehead atoms. The summed E-state index contributed by atoms with van der Waals surface area (Å²) in [4.78, 5) is 31.2. The Balaban J connectivity index is 1.79. The van der Waals surface area contributed by atoms with E-state index < -0.39 is 0 Å². The number of rotatable bonds is 7. The molecule has 1 atom stereocenters. The number of thioether (sulfide) groups is 1. The molecule has 2 aromatic rings. The molecule has 194 valence electrons. The first kappa shape index (κ1) is 27.0. The summed E-state index contributed by atoms with van der Waals surface area (Å²) in [7, 11) is 1.62. The predicted molar refractivity (Wildman–Crippen MR) is 153 cm³/mol. The Hall–Kier alpha value is -3.09. The van der Waals surface area contributed by atoms with Gasteiger partial charge in [-0.3, -0.25) is 19.1 Å². The number of aromatic nitrogens is 1. The first-order chi connectivity index (χ1) is 17.8. The SMILES string of the molecule is CCCn1c(N2CCCC(C)C2)c(/C=C2/SC(=S)N(Cc3ccc(OC)cc3)C2=O)c(C)c(C#N)c1=O. The molecular weight excluding hydrogens is 504 g/mol. The highest BCUT2D eigenvalue weighted by Gasteiger charge is 2.33. The molecule has 0 saturated carbocycles. The Kier molecular flexibility index (Phi) is 8.40. The molecule has 2 fully saturated rings. The summed E-state index contributed by atoms with van der Waals surface area (Å²) in [6, 6.07) is 9.67. The number of piperidine rings is 1. The minimum Gasteiger partial charge on any atom is -0.497 e. The van der Waals surface area contributed by atoms with Crippen LogP contribution >= 0.6 is 24.0 Å². The highest BCUT2D eigenvalue weighted by atomic mass is 32.2. The van der Waals surface area contributed by atoms with Gasteiger partial charge in [0.15, 0.2) is 0 Å². The minimum absolute atomic E-state index is 0.127. The number of hydrogen-bond donors (Lipinski definition) is 0. The number of benzene rings is 1. The minimum atomic E-state index is -0.265. The number of anilines is 1. The van der Waals surface area contributed by atoms with Crippen LogP contribution in [0, 0.1) is 24.2 Å². The topological polar surface area (TPSA) is 78.6 Å². The molecule has 9 heteroatoms. The molecule has 3 heterocycles. The third kappa shape index (κ3) is 5.46. The molecule has 2 aliphatic rings. The van der Waals surface area contributed by atoms with Gasteiger partial charge >= 0.3 is 0 Å². The Morgan fingerprint density at radius 1 is 1.27 bits per heavy atom. The van der Waals surface area contributed by atoms with Crippen LogP contribution in [0.1, 0.15) is 55.4 Å². The third-order valence-corrected chi connectivity index (χ3v) is 8.28. The number of hydrogen-bond acceptors (Lipinski definition) is 7. The molecule has 2 aliphatic heterocycles. The van der Waals surface area contributed by atoms with Crippen molar-refractivity contribution in [3.63, 3.8) is 0 Å². The Morgan fingerprint density at radius 3 is 2.62 bits per heavy atom. The van der Waals surface area contributed by atoms with Crippen LogP contribution in [0.3, 0.4) is 0 Å². The number of nitriles is 1. The molecule has 37 heavy (non-hydrogen) atoms. The average molecular weight is 537 g/mol. The second kappa shape index (κ2) is 11.5. The number of pyridine rings is 1. The number of carbonyl (C=O) groups excluding carboxylic acids is 1. The second-order valence-corrected chi connectivity index (χ2v) is 11.3. The van der Waals surface area contributed by atoms with Crippen molar-refractivity contribution in [2.75, 3.05) is 25.1 Å². The standard InChI is InChI=1S/C28H32N4O3S2/c1-5-12-31-25(30-13-6-7-18(2)16-30)22(19(3)23(15-29)26(31)33)14-24-27(34)32(28(36)37-24)17-20-8-10-21(35-4)11-9-20/h8-11,14,18H,5-7,12-13,16-17H2,1-4H3/b24-14+. The largest absolute Gasteiger partial charge is 0.497 e. The van der Waals surface area contributed by atoms with Crippen LogP contribution in [0.4, 0.5) is 5.82 Å². The van der Waals surface area contributed by atoms with Gasteiger partial charge in [-0.25, -0.2) is 0 Å². The molecule has 4 rings (SSSR count). The molecule has 1 unspecified atom stereocenters. The zero-order valence-corrected chi connectivity index (χ0v) is 23.4. The molecule has 1 aromatic carbocycles. The first-order valence-electron chi connectivity index (χ1n) is 12.6. The van der Waals surface area contributed by atoms with E-state index >= 15 is 0 Å². The first-order valence-corrected chi connectivity index (χ1v) is 13.8. The molecular formula is C28H32N4O3S2. The maximum absolute atomic E-state index is 13.5. The lowest BCUT2D eigenvalue weighted by Gasteiger charge is -2.36. The zero-order chi connectivity index (χ0) is 26.7. The van der Waals surface area contributed by atoms with Crippen molar-refractivity contribution in [3.8, 4) is 11.8 Å². The highest BCUT2D eigenvalue weighted by Crippen LogP contribution is 2.37.